The topological polar surface area (TPSA) is 70.8 Å². The number of aromatic nitrogens is 3. The molecule has 2 N–H and O–H groups in total. The van der Waals surface area contributed by atoms with Gasteiger partial charge in [-0.2, -0.15) is 5.10 Å². The number of thiophene rings is 1. The van der Waals surface area contributed by atoms with Crippen LogP contribution in [0.25, 0.3) is 20.5 Å². The summed E-state index contributed by atoms with van der Waals surface area (Å²) in [5, 5.41) is 7.94. The first kappa shape index (κ1) is 14.3. The number of pyridine rings is 1. The van der Waals surface area contributed by atoms with Crippen LogP contribution in [0.4, 0.5) is 0 Å². The highest BCUT2D eigenvalue weighted by Crippen LogP contribution is 2.49. The molecule has 0 bridgehead atoms. The molecule has 1 fully saturated rings. The van der Waals surface area contributed by atoms with Gasteiger partial charge < -0.3 is 9.72 Å². The van der Waals surface area contributed by atoms with Crippen molar-refractivity contribution in [1.82, 2.24) is 15.2 Å². The second-order valence-electron chi connectivity index (χ2n) is 6.88. The molecule has 6 heteroatoms. The van der Waals surface area contributed by atoms with Gasteiger partial charge in [0.05, 0.1) is 17.7 Å². The normalized spacial score (nSPS) is 18.4. The molecular formula is C18H19N3O2S. The fourth-order valence-corrected chi connectivity index (χ4v) is 4.99. The molecule has 4 heterocycles. The van der Waals surface area contributed by atoms with Gasteiger partial charge in [-0.3, -0.25) is 9.89 Å². The van der Waals surface area contributed by atoms with Gasteiger partial charge in [-0.25, -0.2) is 0 Å². The SMILES string of the molecule is CC(c1[nH]c(=O)c2sc(-c3cn[nH]c3)c3c2c1CCCO3)C1CC1. The number of aryl methyl sites for hydroxylation is 1. The van der Waals surface area contributed by atoms with E-state index in [2.05, 4.69) is 22.1 Å². The molecule has 3 aromatic rings. The molecule has 5 nitrogen and oxygen atoms in total. The van der Waals surface area contributed by atoms with E-state index in [0.717, 1.165) is 44.8 Å². The third kappa shape index (κ3) is 2.05. The van der Waals surface area contributed by atoms with E-state index >= 15 is 0 Å². The third-order valence-electron chi connectivity index (χ3n) is 5.31. The lowest BCUT2D eigenvalue weighted by molar-refractivity contribution is 0.321. The highest BCUT2D eigenvalue weighted by Gasteiger charge is 2.33. The number of nitrogens with zero attached hydrogens (tertiary/aromatic N) is 1. The van der Waals surface area contributed by atoms with E-state index in [0.29, 0.717) is 18.4 Å². The molecular weight excluding hydrogens is 322 g/mol. The average Bonchev–Trinajstić information content (AvgIpc) is 3.22. The molecule has 1 unspecified atom stereocenters. The predicted molar refractivity (Wildman–Crippen MR) is 95.0 cm³/mol. The van der Waals surface area contributed by atoms with Gasteiger partial charge >= 0.3 is 0 Å². The zero-order chi connectivity index (χ0) is 16.3. The molecule has 0 aromatic carbocycles. The Labute approximate surface area is 143 Å². The van der Waals surface area contributed by atoms with Crippen LogP contribution in [0.15, 0.2) is 17.2 Å². The molecule has 24 heavy (non-hydrogen) atoms. The van der Waals surface area contributed by atoms with Crippen LogP contribution >= 0.6 is 11.3 Å². The fourth-order valence-electron chi connectivity index (χ4n) is 3.85. The summed E-state index contributed by atoms with van der Waals surface area (Å²) in [6.07, 6.45) is 8.14. The molecule has 1 atom stereocenters. The Kier molecular flexibility index (Phi) is 3.10. The van der Waals surface area contributed by atoms with Crippen LogP contribution in [0.2, 0.25) is 0 Å². The standard InChI is InChI=1S/C18H19N3O2S/c1-9(10-4-5-10)14-12-3-2-6-23-15-13(12)17(18(22)21-14)24-16(15)11-7-19-20-8-11/h7-10H,2-6H2,1H3,(H,19,20)(H,21,22). The predicted octanol–water partition coefficient (Wildman–Crippen LogP) is 3.82. The first-order chi connectivity index (χ1) is 11.7. The lowest BCUT2D eigenvalue weighted by Crippen LogP contribution is -2.14. The molecule has 124 valence electrons. The largest absolute Gasteiger partial charge is 0.491 e. The van der Waals surface area contributed by atoms with Crippen molar-refractivity contribution in [3.8, 4) is 16.2 Å². The van der Waals surface area contributed by atoms with Gasteiger partial charge in [-0.15, -0.1) is 11.3 Å². The number of hydrogen-bond acceptors (Lipinski definition) is 4. The summed E-state index contributed by atoms with van der Waals surface area (Å²) in [4.78, 5) is 17.0. The first-order valence-electron chi connectivity index (χ1n) is 8.57. The lowest BCUT2D eigenvalue weighted by Gasteiger charge is -2.15. The van der Waals surface area contributed by atoms with E-state index < -0.39 is 0 Å². The van der Waals surface area contributed by atoms with Crippen LogP contribution in [-0.2, 0) is 6.42 Å². The number of rotatable bonds is 3. The maximum atomic E-state index is 12.8. The molecule has 1 saturated carbocycles. The van der Waals surface area contributed by atoms with Crippen molar-refractivity contribution < 1.29 is 4.74 Å². The Balaban J connectivity index is 1.83. The number of ether oxygens (including phenoxy) is 1. The monoisotopic (exact) mass is 341 g/mol. The van der Waals surface area contributed by atoms with E-state index in [9.17, 15) is 4.79 Å². The quantitative estimate of drug-likeness (QED) is 0.761. The van der Waals surface area contributed by atoms with E-state index in [1.807, 2.05) is 6.20 Å². The molecule has 5 rings (SSSR count). The Hall–Kier alpha value is -2.08. The van der Waals surface area contributed by atoms with Crippen LogP contribution in [0, 0.1) is 5.92 Å². The van der Waals surface area contributed by atoms with Crippen LogP contribution in [0.5, 0.6) is 5.75 Å². The summed E-state index contributed by atoms with van der Waals surface area (Å²) >= 11 is 1.51. The van der Waals surface area contributed by atoms with Gasteiger partial charge in [0, 0.05) is 22.8 Å². The maximum absolute atomic E-state index is 12.8. The van der Waals surface area contributed by atoms with Gasteiger partial charge in [0.25, 0.3) is 5.56 Å². The van der Waals surface area contributed by atoms with Crippen LogP contribution in [0.1, 0.15) is 43.4 Å². The first-order valence-corrected chi connectivity index (χ1v) is 9.39. The summed E-state index contributed by atoms with van der Waals surface area (Å²) in [5.74, 6) is 2.01. The average molecular weight is 341 g/mol. The molecule has 1 aliphatic carbocycles. The van der Waals surface area contributed by atoms with E-state index in [4.69, 9.17) is 4.74 Å². The van der Waals surface area contributed by atoms with Crippen LogP contribution in [0.3, 0.4) is 0 Å². The smallest absolute Gasteiger partial charge is 0.266 e. The number of aromatic amines is 2. The second kappa shape index (κ2) is 5.21. The number of nitrogens with one attached hydrogen (secondary N) is 2. The Morgan fingerprint density at radius 3 is 3.04 bits per heavy atom. The van der Waals surface area contributed by atoms with Crippen molar-refractivity contribution in [3.63, 3.8) is 0 Å². The van der Waals surface area contributed by atoms with Crippen molar-refractivity contribution in [2.24, 2.45) is 5.92 Å². The molecule has 0 amide bonds. The van der Waals surface area contributed by atoms with Crippen molar-refractivity contribution in [3.05, 3.63) is 34.0 Å². The summed E-state index contributed by atoms with van der Waals surface area (Å²) in [6, 6.07) is 0. The van der Waals surface area contributed by atoms with Crippen molar-refractivity contribution in [2.75, 3.05) is 6.61 Å². The fraction of sp³-hybridized carbons (Fsp3) is 0.444. The minimum Gasteiger partial charge on any atom is -0.491 e. The molecule has 1 aliphatic heterocycles. The summed E-state index contributed by atoms with van der Waals surface area (Å²) in [6.45, 7) is 2.94. The highest BCUT2D eigenvalue weighted by molar-refractivity contribution is 7.22. The Bertz CT molecular complexity index is 966. The molecule has 0 radical (unpaired) electrons. The summed E-state index contributed by atoms with van der Waals surface area (Å²) < 4.78 is 6.88. The van der Waals surface area contributed by atoms with Crippen molar-refractivity contribution >= 4 is 21.4 Å². The van der Waals surface area contributed by atoms with Crippen molar-refractivity contribution in [1.29, 1.82) is 0 Å². The summed E-state index contributed by atoms with van der Waals surface area (Å²) in [7, 11) is 0. The molecule has 0 saturated heterocycles. The third-order valence-corrected chi connectivity index (χ3v) is 6.53. The number of hydrogen-bond donors (Lipinski definition) is 2. The van der Waals surface area contributed by atoms with Gasteiger partial charge in [0.15, 0.2) is 0 Å². The molecule has 3 aromatic heterocycles. The maximum Gasteiger partial charge on any atom is 0.266 e. The highest BCUT2D eigenvalue weighted by atomic mass is 32.1. The second-order valence-corrected chi connectivity index (χ2v) is 7.90. The Morgan fingerprint density at radius 1 is 1.42 bits per heavy atom. The van der Waals surface area contributed by atoms with E-state index in [-0.39, 0.29) is 5.56 Å². The lowest BCUT2D eigenvalue weighted by atomic mass is 9.93. The van der Waals surface area contributed by atoms with Crippen LogP contribution < -0.4 is 10.3 Å². The zero-order valence-corrected chi connectivity index (χ0v) is 14.3. The van der Waals surface area contributed by atoms with Crippen molar-refractivity contribution in [2.45, 2.75) is 38.5 Å². The minimum absolute atomic E-state index is 0.0164. The molecule has 2 aliphatic rings. The Morgan fingerprint density at radius 2 is 2.29 bits per heavy atom. The van der Waals surface area contributed by atoms with E-state index in [1.165, 1.54) is 29.7 Å². The molecule has 0 spiro atoms. The van der Waals surface area contributed by atoms with Crippen LogP contribution in [-0.4, -0.2) is 21.8 Å². The number of H-pyrrole nitrogens is 2. The van der Waals surface area contributed by atoms with Gasteiger partial charge in [0.1, 0.15) is 10.4 Å². The summed E-state index contributed by atoms with van der Waals surface area (Å²) in [5.41, 5.74) is 3.43. The van der Waals surface area contributed by atoms with Gasteiger partial charge in [0.2, 0.25) is 0 Å². The zero-order valence-electron chi connectivity index (χ0n) is 13.5. The van der Waals surface area contributed by atoms with Gasteiger partial charge in [-0.1, -0.05) is 6.92 Å². The van der Waals surface area contributed by atoms with Gasteiger partial charge in [-0.05, 0) is 43.1 Å². The minimum atomic E-state index is 0.0164. The van der Waals surface area contributed by atoms with E-state index in [1.54, 1.807) is 6.20 Å².